The van der Waals surface area contributed by atoms with Gasteiger partial charge >= 0.3 is 0 Å². The van der Waals surface area contributed by atoms with Crippen molar-refractivity contribution in [3.05, 3.63) is 30.6 Å². The maximum atomic E-state index is 6.04. The Morgan fingerprint density at radius 2 is 2.06 bits per heavy atom. The lowest BCUT2D eigenvalue weighted by molar-refractivity contribution is 0.117. The van der Waals surface area contributed by atoms with Gasteiger partial charge in [0.25, 0.3) is 0 Å². The number of nitrogens with one attached hydrogen (secondary N) is 1. The average Bonchev–Trinajstić information content (AvgIpc) is 2.39. The van der Waals surface area contributed by atoms with Crippen LogP contribution in [-0.2, 0) is 0 Å². The third-order valence-electron chi connectivity index (χ3n) is 4.20. The highest BCUT2D eigenvalue weighted by Crippen LogP contribution is 2.41. The van der Waals surface area contributed by atoms with Gasteiger partial charge in [0.15, 0.2) is 0 Å². The Hall–Kier alpha value is -1.68. The van der Waals surface area contributed by atoms with Crippen LogP contribution in [0.25, 0.3) is 10.9 Å². The summed E-state index contributed by atoms with van der Waals surface area (Å²) < 4.78 is 0. The Balaban J connectivity index is 1.92. The molecule has 0 saturated heterocycles. The molecule has 2 aromatic rings. The van der Waals surface area contributed by atoms with Crippen LogP contribution < -0.4 is 11.1 Å². The number of aromatic nitrogens is 2. The summed E-state index contributed by atoms with van der Waals surface area (Å²) in [6.07, 6.45) is 2.60. The topological polar surface area (TPSA) is 63.8 Å². The molecule has 1 aromatic carbocycles. The fourth-order valence-corrected chi connectivity index (χ4v) is 2.49. The minimum absolute atomic E-state index is 0.117. The van der Waals surface area contributed by atoms with Gasteiger partial charge in [0.05, 0.1) is 5.52 Å². The first kappa shape index (κ1) is 11.4. The van der Waals surface area contributed by atoms with E-state index in [1.54, 1.807) is 6.33 Å². The Labute approximate surface area is 107 Å². The number of nitrogens with two attached hydrogens (primary N) is 1. The molecule has 1 aliphatic rings. The van der Waals surface area contributed by atoms with E-state index in [1.807, 2.05) is 24.3 Å². The lowest BCUT2D eigenvalue weighted by Crippen LogP contribution is -2.61. The second kappa shape index (κ2) is 3.92. The monoisotopic (exact) mass is 242 g/mol. The van der Waals surface area contributed by atoms with Crippen LogP contribution in [0.1, 0.15) is 20.3 Å². The first-order valence-electron chi connectivity index (χ1n) is 6.31. The van der Waals surface area contributed by atoms with Crippen molar-refractivity contribution in [3.63, 3.8) is 0 Å². The number of para-hydroxylation sites is 1. The molecule has 4 heteroatoms. The Bertz CT molecular complexity index is 574. The van der Waals surface area contributed by atoms with Crippen LogP contribution in [0.15, 0.2) is 30.6 Å². The predicted molar refractivity (Wildman–Crippen MR) is 73.3 cm³/mol. The van der Waals surface area contributed by atoms with Crippen LogP contribution in [0, 0.1) is 5.41 Å². The molecule has 3 rings (SSSR count). The highest BCUT2D eigenvalue weighted by molar-refractivity contribution is 5.88. The van der Waals surface area contributed by atoms with Crippen molar-refractivity contribution in [2.45, 2.75) is 32.4 Å². The van der Waals surface area contributed by atoms with Gasteiger partial charge in [-0.2, -0.15) is 0 Å². The van der Waals surface area contributed by atoms with Gasteiger partial charge in [-0.3, -0.25) is 0 Å². The molecule has 2 unspecified atom stereocenters. The van der Waals surface area contributed by atoms with Gasteiger partial charge < -0.3 is 11.1 Å². The summed E-state index contributed by atoms with van der Waals surface area (Å²) in [5.74, 6) is 0.908. The first-order chi connectivity index (χ1) is 8.59. The van der Waals surface area contributed by atoms with E-state index in [0.717, 1.165) is 23.1 Å². The third kappa shape index (κ3) is 1.64. The predicted octanol–water partition coefficient (Wildman–Crippen LogP) is 2.17. The lowest BCUT2D eigenvalue weighted by Gasteiger charge is -2.50. The van der Waals surface area contributed by atoms with Gasteiger partial charge in [0, 0.05) is 22.9 Å². The molecule has 0 aliphatic heterocycles. The smallest absolute Gasteiger partial charge is 0.137 e. The van der Waals surface area contributed by atoms with Crippen molar-refractivity contribution in [2.24, 2.45) is 11.1 Å². The van der Waals surface area contributed by atoms with Crippen LogP contribution in [0.3, 0.4) is 0 Å². The summed E-state index contributed by atoms with van der Waals surface area (Å²) in [4.78, 5) is 8.62. The lowest BCUT2D eigenvalue weighted by atomic mass is 9.63. The molecule has 1 aromatic heterocycles. The minimum Gasteiger partial charge on any atom is -0.366 e. The number of anilines is 1. The van der Waals surface area contributed by atoms with Crippen molar-refractivity contribution < 1.29 is 0 Å². The van der Waals surface area contributed by atoms with Crippen LogP contribution in [0.4, 0.5) is 5.82 Å². The summed E-state index contributed by atoms with van der Waals surface area (Å²) in [6, 6.07) is 8.69. The normalized spacial score (nSPS) is 25.7. The molecule has 18 heavy (non-hydrogen) atoms. The largest absolute Gasteiger partial charge is 0.366 e. The maximum Gasteiger partial charge on any atom is 0.137 e. The Morgan fingerprint density at radius 1 is 1.28 bits per heavy atom. The quantitative estimate of drug-likeness (QED) is 0.847. The number of hydrogen-bond donors (Lipinski definition) is 2. The van der Waals surface area contributed by atoms with Crippen LogP contribution >= 0.6 is 0 Å². The summed E-state index contributed by atoms with van der Waals surface area (Å²) in [5, 5.41) is 4.58. The number of hydrogen-bond acceptors (Lipinski definition) is 4. The second-order valence-electron chi connectivity index (χ2n) is 5.60. The summed E-state index contributed by atoms with van der Waals surface area (Å²) >= 11 is 0. The zero-order valence-corrected chi connectivity index (χ0v) is 10.7. The fourth-order valence-electron chi connectivity index (χ4n) is 2.49. The number of nitrogens with zero attached hydrogens (tertiary/aromatic N) is 2. The zero-order valence-electron chi connectivity index (χ0n) is 10.7. The van der Waals surface area contributed by atoms with E-state index >= 15 is 0 Å². The van der Waals surface area contributed by atoms with Gasteiger partial charge in [0.2, 0.25) is 0 Å². The summed E-state index contributed by atoms with van der Waals surface area (Å²) in [5.41, 5.74) is 7.13. The maximum absolute atomic E-state index is 6.04. The molecule has 1 fully saturated rings. The van der Waals surface area contributed by atoms with E-state index in [-0.39, 0.29) is 11.5 Å². The van der Waals surface area contributed by atoms with E-state index in [4.69, 9.17) is 5.73 Å². The molecule has 2 atom stereocenters. The summed E-state index contributed by atoms with van der Waals surface area (Å²) in [6.45, 7) is 4.39. The Morgan fingerprint density at radius 3 is 2.78 bits per heavy atom. The van der Waals surface area contributed by atoms with E-state index in [0.29, 0.717) is 6.04 Å². The molecule has 0 amide bonds. The molecule has 0 spiro atoms. The third-order valence-corrected chi connectivity index (χ3v) is 4.20. The van der Waals surface area contributed by atoms with E-state index < -0.39 is 0 Å². The number of benzene rings is 1. The zero-order chi connectivity index (χ0) is 12.8. The molecule has 1 aliphatic carbocycles. The van der Waals surface area contributed by atoms with E-state index in [1.165, 1.54) is 0 Å². The van der Waals surface area contributed by atoms with Crippen molar-refractivity contribution in [1.29, 1.82) is 0 Å². The van der Waals surface area contributed by atoms with Gasteiger partial charge in [0.1, 0.15) is 12.1 Å². The number of rotatable bonds is 2. The van der Waals surface area contributed by atoms with Crippen LogP contribution in [-0.4, -0.2) is 22.1 Å². The molecule has 94 valence electrons. The van der Waals surface area contributed by atoms with Gasteiger partial charge in [-0.15, -0.1) is 0 Å². The van der Waals surface area contributed by atoms with Gasteiger partial charge in [-0.25, -0.2) is 9.97 Å². The van der Waals surface area contributed by atoms with Crippen molar-refractivity contribution in [2.75, 3.05) is 5.32 Å². The highest BCUT2D eigenvalue weighted by atomic mass is 15.1. The molecule has 0 bridgehead atoms. The SMILES string of the molecule is CC1(C)C(N)CC1Nc1ncnc2ccccc12. The van der Waals surface area contributed by atoms with Crippen LogP contribution in [0.5, 0.6) is 0 Å². The highest BCUT2D eigenvalue weighted by Gasteiger charge is 2.46. The molecule has 4 nitrogen and oxygen atoms in total. The van der Waals surface area contributed by atoms with E-state index in [2.05, 4.69) is 29.1 Å². The van der Waals surface area contributed by atoms with Crippen molar-refractivity contribution in [3.8, 4) is 0 Å². The Kier molecular flexibility index (Phi) is 2.48. The van der Waals surface area contributed by atoms with Gasteiger partial charge in [-0.1, -0.05) is 26.0 Å². The average molecular weight is 242 g/mol. The van der Waals surface area contributed by atoms with Crippen molar-refractivity contribution in [1.82, 2.24) is 9.97 Å². The fraction of sp³-hybridized carbons (Fsp3) is 0.429. The molecular weight excluding hydrogens is 224 g/mol. The molecule has 3 N–H and O–H groups in total. The summed E-state index contributed by atoms with van der Waals surface area (Å²) in [7, 11) is 0. The molecule has 1 saturated carbocycles. The molecule has 0 radical (unpaired) electrons. The molecule has 1 heterocycles. The van der Waals surface area contributed by atoms with Crippen molar-refractivity contribution >= 4 is 16.7 Å². The minimum atomic E-state index is 0.117. The molecular formula is C14H18N4. The van der Waals surface area contributed by atoms with E-state index in [9.17, 15) is 0 Å². The first-order valence-corrected chi connectivity index (χ1v) is 6.31. The number of fused-ring (bicyclic) bond motifs is 1. The van der Waals surface area contributed by atoms with Gasteiger partial charge in [-0.05, 0) is 18.6 Å². The second-order valence-corrected chi connectivity index (χ2v) is 5.60. The standard InChI is InChI=1S/C14H18N4/c1-14(2)11(15)7-12(14)18-13-9-5-3-4-6-10(9)16-8-17-13/h3-6,8,11-12H,7,15H2,1-2H3,(H,16,17,18). The van der Waals surface area contributed by atoms with Crippen LogP contribution in [0.2, 0.25) is 0 Å².